The smallest absolute Gasteiger partial charge is 0.157 e. The zero-order valence-electron chi connectivity index (χ0n) is 14.3. The van der Waals surface area contributed by atoms with Gasteiger partial charge in [-0.3, -0.25) is 0 Å². The fourth-order valence-electron chi connectivity index (χ4n) is 3.04. The lowest BCUT2D eigenvalue weighted by molar-refractivity contribution is 0.0697. The molecule has 0 radical (unpaired) electrons. The molecule has 26 heavy (non-hydrogen) atoms. The number of aliphatic hydroxyl groups is 1. The summed E-state index contributed by atoms with van der Waals surface area (Å²) in [5, 5.41) is 11.6. The highest BCUT2D eigenvalue weighted by molar-refractivity contribution is 7.90. The number of nitrogens with zero attached hydrogens (tertiary/aromatic N) is 2. The molecule has 1 N–H and O–H groups in total. The maximum Gasteiger partial charge on any atom is 0.157 e. The molecular formula is C18H18Cl2N2O3S. The predicted molar refractivity (Wildman–Crippen MR) is 104 cm³/mol. The molecule has 0 fully saturated rings. The van der Waals surface area contributed by atoms with Gasteiger partial charge in [0.1, 0.15) is 11.4 Å². The molecule has 3 aromatic rings. The first-order valence-corrected chi connectivity index (χ1v) is 10.5. The first-order valence-electron chi connectivity index (χ1n) is 7.88. The summed E-state index contributed by atoms with van der Waals surface area (Å²) < 4.78 is 26.8. The number of hydrogen-bond donors (Lipinski definition) is 1. The molecule has 0 aliphatic carbocycles. The van der Waals surface area contributed by atoms with Crippen LogP contribution in [0.15, 0.2) is 42.5 Å². The Morgan fingerprint density at radius 2 is 1.77 bits per heavy atom. The van der Waals surface area contributed by atoms with E-state index in [0.29, 0.717) is 26.6 Å². The zero-order valence-corrected chi connectivity index (χ0v) is 16.6. The minimum absolute atomic E-state index is 0.147. The van der Waals surface area contributed by atoms with Crippen LogP contribution in [0.5, 0.6) is 0 Å². The molecule has 0 bridgehead atoms. The number of benzene rings is 2. The lowest BCUT2D eigenvalue weighted by Crippen LogP contribution is -2.34. The number of imidazole rings is 1. The molecule has 2 aromatic carbocycles. The molecular weight excluding hydrogens is 395 g/mol. The van der Waals surface area contributed by atoms with Crippen LogP contribution < -0.4 is 0 Å². The zero-order chi connectivity index (χ0) is 19.1. The van der Waals surface area contributed by atoms with Gasteiger partial charge in [0.2, 0.25) is 0 Å². The van der Waals surface area contributed by atoms with Crippen LogP contribution in [0.1, 0.15) is 18.3 Å². The molecule has 0 saturated carbocycles. The molecule has 0 saturated heterocycles. The van der Waals surface area contributed by atoms with Gasteiger partial charge >= 0.3 is 0 Å². The van der Waals surface area contributed by atoms with Crippen LogP contribution in [-0.2, 0) is 28.2 Å². The summed E-state index contributed by atoms with van der Waals surface area (Å²) in [6, 6.07) is 12.1. The predicted octanol–water partition coefficient (Wildman–Crippen LogP) is 3.70. The van der Waals surface area contributed by atoms with Crippen LogP contribution in [-0.4, -0.2) is 28.8 Å². The number of aryl methyl sites for hydroxylation is 1. The van der Waals surface area contributed by atoms with Crippen molar-refractivity contribution in [3.05, 3.63) is 63.9 Å². The number of aromatic nitrogens is 2. The van der Waals surface area contributed by atoms with E-state index in [1.54, 1.807) is 48.0 Å². The van der Waals surface area contributed by atoms with Crippen molar-refractivity contribution in [3.8, 4) is 0 Å². The van der Waals surface area contributed by atoms with Crippen molar-refractivity contribution in [1.82, 2.24) is 9.55 Å². The summed E-state index contributed by atoms with van der Waals surface area (Å²) in [6.07, 6.45) is 0. The Bertz CT molecular complexity index is 1060. The van der Waals surface area contributed by atoms with E-state index in [0.717, 1.165) is 0 Å². The topological polar surface area (TPSA) is 72.2 Å². The Balaban J connectivity index is 1.95. The van der Waals surface area contributed by atoms with Gasteiger partial charge in [-0.2, -0.15) is 0 Å². The minimum Gasteiger partial charge on any atom is -0.381 e. The van der Waals surface area contributed by atoms with Crippen molar-refractivity contribution in [2.75, 3.05) is 5.75 Å². The summed E-state index contributed by atoms with van der Waals surface area (Å²) in [5.74, 6) is -0.360. The summed E-state index contributed by atoms with van der Waals surface area (Å²) in [4.78, 5) is 4.38. The van der Waals surface area contributed by atoms with E-state index in [2.05, 4.69) is 4.98 Å². The van der Waals surface area contributed by atoms with Crippen LogP contribution in [0.4, 0.5) is 0 Å². The molecule has 5 nitrogen and oxygen atoms in total. The molecule has 1 atom stereocenters. The monoisotopic (exact) mass is 412 g/mol. The van der Waals surface area contributed by atoms with Gasteiger partial charge in [-0.05, 0) is 24.6 Å². The van der Waals surface area contributed by atoms with Crippen molar-refractivity contribution in [1.29, 1.82) is 0 Å². The fraction of sp³-hybridized carbons (Fsp3) is 0.278. The Hall–Kier alpha value is -1.60. The second kappa shape index (κ2) is 6.85. The largest absolute Gasteiger partial charge is 0.381 e. The second-order valence-electron chi connectivity index (χ2n) is 6.54. The van der Waals surface area contributed by atoms with Gasteiger partial charge in [0, 0.05) is 7.05 Å². The van der Waals surface area contributed by atoms with E-state index in [1.165, 1.54) is 6.92 Å². The van der Waals surface area contributed by atoms with Gasteiger partial charge in [0.25, 0.3) is 0 Å². The molecule has 1 unspecified atom stereocenters. The van der Waals surface area contributed by atoms with Crippen molar-refractivity contribution >= 4 is 44.1 Å². The van der Waals surface area contributed by atoms with Crippen LogP contribution >= 0.6 is 23.2 Å². The summed E-state index contributed by atoms with van der Waals surface area (Å²) >= 11 is 12.1. The van der Waals surface area contributed by atoms with Gasteiger partial charge in [0.15, 0.2) is 9.84 Å². The Morgan fingerprint density at radius 3 is 2.42 bits per heavy atom. The highest BCUT2D eigenvalue weighted by Crippen LogP contribution is 2.31. The lowest BCUT2D eigenvalue weighted by atomic mass is 10.1. The first-order chi connectivity index (χ1) is 12.1. The SMILES string of the molecule is Cn1c(C(C)(O)CS(=O)(=O)Cc2ccccc2)nc2cc(Cl)c(Cl)cc21. The van der Waals surface area contributed by atoms with Gasteiger partial charge in [-0.25, -0.2) is 13.4 Å². The molecule has 0 aliphatic rings. The van der Waals surface area contributed by atoms with Crippen molar-refractivity contribution < 1.29 is 13.5 Å². The van der Waals surface area contributed by atoms with Gasteiger partial charge in [-0.1, -0.05) is 53.5 Å². The van der Waals surface area contributed by atoms with E-state index in [-0.39, 0.29) is 11.6 Å². The van der Waals surface area contributed by atoms with Gasteiger partial charge in [0.05, 0.1) is 32.6 Å². The standard InChI is InChI=1S/C18H18Cl2N2O3S/c1-18(23,11-26(24,25)10-12-6-4-3-5-7-12)17-21-15-8-13(19)14(20)9-16(15)22(17)2/h3-9,23H,10-11H2,1-2H3. The van der Waals surface area contributed by atoms with E-state index in [4.69, 9.17) is 23.2 Å². The average molecular weight is 413 g/mol. The Morgan fingerprint density at radius 1 is 1.15 bits per heavy atom. The third kappa shape index (κ3) is 3.88. The van der Waals surface area contributed by atoms with Crippen LogP contribution in [0.2, 0.25) is 10.0 Å². The van der Waals surface area contributed by atoms with Gasteiger partial charge < -0.3 is 9.67 Å². The van der Waals surface area contributed by atoms with Crippen LogP contribution in [0, 0.1) is 0 Å². The van der Waals surface area contributed by atoms with E-state index in [1.807, 2.05) is 6.07 Å². The normalized spacial score (nSPS) is 14.5. The number of fused-ring (bicyclic) bond motifs is 1. The quantitative estimate of drug-likeness (QED) is 0.693. The molecule has 1 aromatic heterocycles. The molecule has 1 heterocycles. The molecule has 0 aliphatic heterocycles. The Kier molecular flexibility index (Phi) is 5.05. The number of rotatable bonds is 5. The number of halogens is 2. The van der Waals surface area contributed by atoms with Crippen LogP contribution in [0.25, 0.3) is 11.0 Å². The summed E-state index contributed by atoms with van der Waals surface area (Å²) in [6.45, 7) is 1.44. The van der Waals surface area contributed by atoms with E-state index in [9.17, 15) is 13.5 Å². The maximum absolute atomic E-state index is 12.6. The van der Waals surface area contributed by atoms with Crippen LogP contribution in [0.3, 0.4) is 0 Å². The lowest BCUT2D eigenvalue weighted by Gasteiger charge is -2.22. The number of hydrogen-bond acceptors (Lipinski definition) is 4. The third-order valence-corrected chi connectivity index (χ3v) is 6.63. The maximum atomic E-state index is 12.6. The third-order valence-electron chi connectivity index (χ3n) is 4.13. The van der Waals surface area contributed by atoms with E-state index < -0.39 is 21.2 Å². The molecule has 138 valence electrons. The molecule has 0 amide bonds. The van der Waals surface area contributed by atoms with Crippen molar-refractivity contribution in [3.63, 3.8) is 0 Å². The highest BCUT2D eigenvalue weighted by atomic mass is 35.5. The average Bonchev–Trinajstić information content (AvgIpc) is 2.85. The summed E-state index contributed by atoms with van der Waals surface area (Å²) in [5.41, 5.74) is 0.208. The second-order valence-corrected chi connectivity index (χ2v) is 9.42. The minimum atomic E-state index is -3.57. The highest BCUT2D eigenvalue weighted by Gasteiger charge is 2.35. The molecule has 3 rings (SSSR count). The summed E-state index contributed by atoms with van der Waals surface area (Å²) in [7, 11) is -1.86. The van der Waals surface area contributed by atoms with Gasteiger partial charge in [-0.15, -0.1) is 0 Å². The van der Waals surface area contributed by atoms with Crippen molar-refractivity contribution in [2.45, 2.75) is 18.3 Å². The first kappa shape index (κ1) is 19.2. The molecule has 8 heteroatoms. The van der Waals surface area contributed by atoms with Crippen molar-refractivity contribution in [2.24, 2.45) is 7.05 Å². The Labute approximate surface area is 162 Å². The van der Waals surface area contributed by atoms with E-state index >= 15 is 0 Å². The number of sulfone groups is 1. The fourth-order valence-corrected chi connectivity index (χ4v) is 5.14. The molecule has 0 spiro atoms.